The van der Waals surface area contributed by atoms with Crippen molar-refractivity contribution in [3.05, 3.63) is 58.4 Å². The Labute approximate surface area is 120 Å². The topological polar surface area (TPSA) is 50.2 Å². The smallest absolute Gasteiger partial charge is 0.338 e. The first-order chi connectivity index (χ1) is 9.08. The Balaban J connectivity index is 2.22. The third-order valence-corrected chi connectivity index (χ3v) is 4.05. The van der Waals surface area contributed by atoms with Crippen LogP contribution in [0.15, 0.2) is 41.4 Å². The number of carboxylic acid groups (broad SMARTS) is 1. The highest BCUT2D eigenvalue weighted by Gasteiger charge is 2.12. The van der Waals surface area contributed by atoms with Crippen LogP contribution < -0.4 is 0 Å². The Hall–Kier alpha value is -1.52. The highest BCUT2D eigenvalue weighted by atomic mass is 35.5. The molecule has 0 saturated carbocycles. The first-order valence-corrected chi connectivity index (χ1v) is 7.00. The van der Waals surface area contributed by atoms with Gasteiger partial charge < -0.3 is 5.11 Å². The molecule has 0 aliphatic rings. The Morgan fingerprint density at radius 3 is 2.84 bits per heavy atom. The van der Waals surface area contributed by atoms with Crippen LogP contribution in [0.3, 0.4) is 0 Å². The van der Waals surface area contributed by atoms with Crippen molar-refractivity contribution in [2.24, 2.45) is 0 Å². The Kier molecular flexibility index (Phi) is 4.45. The number of halogens is 1. The number of hydrogen-bond acceptors (Lipinski definition) is 3. The van der Waals surface area contributed by atoms with Crippen molar-refractivity contribution in [2.75, 3.05) is 0 Å². The fourth-order valence-corrected chi connectivity index (χ4v) is 2.98. The Morgan fingerprint density at radius 2 is 2.16 bits per heavy atom. The zero-order chi connectivity index (χ0) is 13.8. The fraction of sp³-hybridized carbons (Fsp3) is 0.143. The molecule has 0 amide bonds. The van der Waals surface area contributed by atoms with E-state index in [-0.39, 0.29) is 5.56 Å². The zero-order valence-corrected chi connectivity index (χ0v) is 11.8. The summed E-state index contributed by atoms with van der Waals surface area (Å²) in [5, 5.41) is 9.82. The lowest BCUT2D eigenvalue weighted by atomic mass is 10.2. The molecule has 0 radical (unpaired) electrons. The number of aryl methyl sites for hydroxylation is 1. The van der Waals surface area contributed by atoms with Crippen LogP contribution in [0.2, 0.25) is 5.02 Å². The number of carboxylic acids is 1. The van der Waals surface area contributed by atoms with Crippen LogP contribution in [-0.2, 0) is 5.75 Å². The summed E-state index contributed by atoms with van der Waals surface area (Å²) in [5.74, 6) is -0.335. The average molecular weight is 294 g/mol. The maximum absolute atomic E-state index is 11.1. The monoisotopic (exact) mass is 293 g/mol. The van der Waals surface area contributed by atoms with E-state index in [4.69, 9.17) is 16.7 Å². The molecule has 0 unspecified atom stereocenters. The third kappa shape index (κ3) is 3.49. The second-order valence-corrected chi connectivity index (χ2v) is 5.43. The number of aromatic nitrogens is 1. The highest BCUT2D eigenvalue weighted by molar-refractivity contribution is 7.98. The van der Waals surface area contributed by atoms with Gasteiger partial charge in [0, 0.05) is 27.6 Å². The number of pyridine rings is 1. The van der Waals surface area contributed by atoms with Gasteiger partial charge in [-0.15, -0.1) is 11.8 Å². The lowest BCUT2D eigenvalue weighted by Crippen LogP contribution is -2.01. The van der Waals surface area contributed by atoms with E-state index in [0.29, 0.717) is 15.7 Å². The van der Waals surface area contributed by atoms with Gasteiger partial charge in [0.05, 0.1) is 5.56 Å². The number of hydrogen-bond donors (Lipinski definition) is 1. The van der Waals surface area contributed by atoms with Crippen molar-refractivity contribution >= 4 is 29.3 Å². The lowest BCUT2D eigenvalue weighted by Gasteiger charge is -2.07. The summed E-state index contributed by atoms with van der Waals surface area (Å²) < 4.78 is 0. The minimum Gasteiger partial charge on any atom is -0.478 e. The molecule has 0 aliphatic carbocycles. The van der Waals surface area contributed by atoms with Gasteiger partial charge in [0.1, 0.15) is 0 Å². The number of rotatable bonds is 4. The number of thioether (sulfide) groups is 1. The van der Waals surface area contributed by atoms with Crippen LogP contribution in [0.4, 0.5) is 0 Å². The second kappa shape index (κ2) is 6.08. The van der Waals surface area contributed by atoms with Gasteiger partial charge in [-0.05, 0) is 24.6 Å². The lowest BCUT2D eigenvalue weighted by molar-refractivity contribution is 0.0692. The van der Waals surface area contributed by atoms with Crippen molar-refractivity contribution in [1.82, 2.24) is 4.98 Å². The number of nitrogens with zero attached hydrogens (tertiary/aromatic N) is 1. The average Bonchev–Trinajstić information content (AvgIpc) is 2.37. The van der Waals surface area contributed by atoms with Crippen molar-refractivity contribution in [3.8, 4) is 0 Å². The van der Waals surface area contributed by atoms with Gasteiger partial charge in [-0.25, -0.2) is 4.79 Å². The van der Waals surface area contributed by atoms with E-state index in [1.165, 1.54) is 18.0 Å². The van der Waals surface area contributed by atoms with Crippen LogP contribution >= 0.6 is 23.4 Å². The maximum Gasteiger partial charge on any atom is 0.338 e. The standard InChI is InChI=1S/C14H12ClNO2S/c1-9-6-13(11(7-16-9)14(17)18)19-8-10-4-2-3-5-12(10)15/h2-7H,8H2,1H3,(H,17,18). The molecule has 0 saturated heterocycles. The summed E-state index contributed by atoms with van der Waals surface area (Å²) in [6.07, 6.45) is 1.40. The molecular weight excluding hydrogens is 282 g/mol. The first-order valence-electron chi connectivity index (χ1n) is 5.64. The summed E-state index contributed by atoms with van der Waals surface area (Å²) in [6.45, 7) is 1.84. The number of carbonyl (C=O) groups is 1. The molecule has 5 heteroatoms. The van der Waals surface area contributed by atoms with Crippen LogP contribution in [0.1, 0.15) is 21.6 Å². The molecular formula is C14H12ClNO2S. The summed E-state index contributed by atoms with van der Waals surface area (Å²) in [6, 6.07) is 9.33. The maximum atomic E-state index is 11.1. The summed E-state index contributed by atoms with van der Waals surface area (Å²) >= 11 is 7.53. The molecule has 2 aromatic rings. The minimum atomic E-state index is -0.964. The van der Waals surface area contributed by atoms with Crippen LogP contribution in [0, 0.1) is 6.92 Å². The van der Waals surface area contributed by atoms with Crippen molar-refractivity contribution < 1.29 is 9.90 Å². The van der Waals surface area contributed by atoms with E-state index < -0.39 is 5.97 Å². The molecule has 3 nitrogen and oxygen atoms in total. The highest BCUT2D eigenvalue weighted by Crippen LogP contribution is 2.29. The minimum absolute atomic E-state index is 0.225. The van der Waals surface area contributed by atoms with Crippen molar-refractivity contribution in [2.45, 2.75) is 17.6 Å². The van der Waals surface area contributed by atoms with E-state index in [1.807, 2.05) is 31.2 Å². The molecule has 0 atom stereocenters. The number of benzene rings is 1. The Morgan fingerprint density at radius 1 is 1.42 bits per heavy atom. The van der Waals surface area contributed by atoms with E-state index in [0.717, 1.165) is 11.3 Å². The zero-order valence-electron chi connectivity index (χ0n) is 10.3. The molecule has 0 bridgehead atoms. The number of aromatic carboxylic acids is 1. The van der Waals surface area contributed by atoms with Gasteiger partial charge in [-0.3, -0.25) is 4.98 Å². The molecule has 1 aromatic carbocycles. The van der Waals surface area contributed by atoms with Gasteiger partial charge in [0.15, 0.2) is 0 Å². The SMILES string of the molecule is Cc1cc(SCc2ccccc2Cl)c(C(=O)O)cn1. The molecule has 2 rings (SSSR count). The van der Waals surface area contributed by atoms with Gasteiger partial charge in [0.25, 0.3) is 0 Å². The van der Waals surface area contributed by atoms with E-state index in [9.17, 15) is 4.79 Å². The third-order valence-electron chi connectivity index (χ3n) is 2.57. The predicted octanol–water partition coefficient (Wildman–Crippen LogP) is 4.03. The second-order valence-electron chi connectivity index (χ2n) is 4.01. The molecule has 1 N–H and O–H groups in total. The van der Waals surface area contributed by atoms with Crippen LogP contribution in [0.25, 0.3) is 0 Å². The largest absolute Gasteiger partial charge is 0.478 e. The molecule has 1 aromatic heterocycles. The normalized spacial score (nSPS) is 10.4. The summed E-state index contributed by atoms with van der Waals surface area (Å²) in [7, 11) is 0. The van der Waals surface area contributed by atoms with Crippen molar-refractivity contribution in [1.29, 1.82) is 0 Å². The molecule has 98 valence electrons. The van der Waals surface area contributed by atoms with E-state index in [1.54, 1.807) is 6.07 Å². The van der Waals surface area contributed by atoms with Crippen LogP contribution in [-0.4, -0.2) is 16.1 Å². The van der Waals surface area contributed by atoms with Gasteiger partial charge in [0.2, 0.25) is 0 Å². The van der Waals surface area contributed by atoms with E-state index in [2.05, 4.69) is 4.98 Å². The first kappa shape index (κ1) is 13.9. The molecule has 0 spiro atoms. The molecule has 0 fully saturated rings. The van der Waals surface area contributed by atoms with E-state index >= 15 is 0 Å². The molecule has 19 heavy (non-hydrogen) atoms. The van der Waals surface area contributed by atoms with Gasteiger partial charge in [-0.1, -0.05) is 29.8 Å². The van der Waals surface area contributed by atoms with Crippen LogP contribution in [0.5, 0.6) is 0 Å². The summed E-state index contributed by atoms with van der Waals surface area (Å²) in [4.78, 5) is 15.9. The summed E-state index contributed by atoms with van der Waals surface area (Å²) in [5.41, 5.74) is 2.01. The quantitative estimate of drug-likeness (QED) is 0.865. The predicted molar refractivity (Wildman–Crippen MR) is 76.9 cm³/mol. The van der Waals surface area contributed by atoms with Gasteiger partial charge in [-0.2, -0.15) is 0 Å². The fourth-order valence-electron chi connectivity index (χ4n) is 1.59. The molecule has 0 aliphatic heterocycles. The van der Waals surface area contributed by atoms with Crippen molar-refractivity contribution in [3.63, 3.8) is 0 Å². The van der Waals surface area contributed by atoms with Gasteiger partial charge >= 0.3 is 5.97 Å². The Bertz CT molecular complexity index is 616. The molecule has 1 heterocycles.